The molecule has 2 unspecified atom stereocenters. The molecule has 1 amide bonds. The van der Waals surface area contributed by atoms with Crippen molar-refractivity contribution in [3.8, 4) is 0 Å². The van der Waals surface area contributed by atoms with Crippen LogP contribution >= 0.6 is 0 Å². The minimum Gasteiger partial charge on any atom is -0.481 e. The predicted molar refractivity (Wildman–Crippen MR) is 203 cm³/mol. The van der Waals surface area contributed by atoms with Gasteiger partial charge in [-0.15, -0.1) is 0 Å². The third kappa shape index (κ3) is 5.90. The Morgan fingerprint density at radius 2 is 1.58 bits per heavy atom. The lowest BCUT2D eigenvalue weighted by Gasteiger charge is -2.72. The molecule has 5 aliphatic rings. The number of aliphatic carboxylic acids is 1. The normalized spacial score (nSPS) is 36.7. The molecular weight excluding hydrogens is 650 g/mol. The Bertz CT molecular complexity index is 1640. The minimum atomic E-state index is -1.16. The number of hydrogen-bond donors (Lipinski definition) is 1. The van der Waals surface area contributed by atoms with Crippen molar-refractivity contribution in [1.82, 2.24) is 4.90 Å². The van der Waals surface area contributed by atoms with Gasteiger partial charge in [-0.25, -0.2) is 0 Å². The summed E-state index contributed by atoms with van der Waals surface area (Å²) in [6.07, 6.45) is 9.30. The van der Waals surface area contributed by atoms with E-state index in [9.17, 15) is 24.3 Å². The van der Waals surface area contributed by atoms with Gasteiger partial charge in [-0.2, -0.15) is 0 Å². The summed E-state index contributed by atoms with van der Waals surface area (Å²) in [7, 11) is 1.90. The first-order valence-corrected chi connectivity index (χ1v) is 20.2. The maximum absolute atomic E-state index is 14.1. The van der Waals surface area contributed by atoms with E-state index in [-0.39, 0.29) is 51.4 Å². The van der Waals surface area contributed by atoms with Gasteiger partial charge in [0.05, 0.1) is 11.8 Å². The highest BCUT2D eigenvalue weighted by molar-refractivity contribution is 6.00. The Hall–Kier alpha value is -2.96. The zero-order valence-electron chi connectivity index (χ0n) is 33.7. The van der Waals surface area contributed by atoms with Crippen LogP contribution < -0.4 is 0 Å². The molecule has 7 heteroatoms. The van der Waals surface area contributed by atoms with Crippen LogP contribution in [0.2, 0.25) is 0 Å². The van der Waals surface area contributed by atoms with Gasteiger partial charge >= 0.3 is 11.9 Å². The molecule has 52 heavy (non-hydrogen) atoms. The summed E-state index contributed by atoms with van der Waals surface area (Å²) in [5.41, 5.74) is 1.90. The third-order valence-corrected chi connectivity index (χ3v) is 16.2. The molecule has 0 heterocycles. The molecule has 0 radical (unpaired) electrons. The number of carboxylic acids is 1. The van der Waals surface area contributed by atoms with E-state index in [2.05, 4.69) is 48.5 Å². The third-order valence-electron chi connectivity index (χ3n) is 16.2. The number of ether oxygens (including phenoxy) is 1. The quantitative estimate of drug-likeness (QED) is 0.256. The second-order valence-electron chi connectivity index (χ2n) is 20.0. The minimum absolute atomic E-state index is 0.0334. The number of carbonyl (C=O) groups excluding carboxylic acids is 3. The highest BCUT2D eigenvalue weighted by atomic mass is 16.5. The summed E-state index contributed by atoms with van der Waals surface area (Å²) in [6.45, 7) is 20.4. The Kier molecular flexibility index (Phi) is 9.77. The van der Waals surface area contributed by atoms with E-state index in [0.717, 1.165) is 63.4 Å². The molecule has 1 aromatic rings. The maximum atomic E-state index is 14.1. The molecule has 1 aromatic carbocycles. The first kappa shape index (κ1) is 38.8. The molecule has 0 aliphatic heterocycles. The number of allylic oxidation sites excluding steroid dienone is 2. The van der Waals surface area contributed by atoms with Gasteiger partial charge in [-0.05, 0) is 129 Å². The van der Waals surface area contributed by atoms with Crippen molar-refractivity contribution in [2.24, 2.45) is 56.2 Å². The molecule has 5 aliphatic carbocycles. The highest BCUT2D eigenvalue weighted by Gasteiger charge is 2.70. The SMILES string of the molecule is CC(C)C1=C2C3CC[C@@H]4[C@@]5(C)CC[C@H](OC(=O)CC(C)(C)C(=O)O)C(C)(C)[C@@H]5CC[C@@]4(C)[C@]3(C)CCC2(CCN(C)C(=O)c2ccccc2)CC1=O. The van der Waals surface area contributed by atoms with E-state index in [4.69, 9.17) is 4.74 Å². The van der Waals surface area contributed by atoms with Gasteiger partial charge in [0.2, 0.25) is 0 Å². The molecule has 4 saturated carbocycles. The lowest BCUT2D eigenvalue weighted by atomic mass is 9.33. The number of nitrogens with zero attached hydrogens (tertiary/aromatic N) is 1. The molecule has 4 fully saturated rings. The number of amides is 1. The van der Waals surface area contributed by atoms with Crippen molar-refractivity contribution in [2.75, 3.05) is 13.6 Å². The van der Waals surface area contributed by atoms with Crippen LogP contribution in [0.5, 0.6) is 0 Å². The van der Waals surface area contributed by atoms with Crippen LogP contribution in [0.25, 0.3) is 0 Å². The van der Waals surface area contributed by atoms with Crippen LogP contribution in [-0.4, -0.2) is 53.3 Å². The van der Waals surface area contributed by atoms with Gasteiger partial charge in [0.15, 0.2) is 5.78 Å². The van der Waals surface area contributed by atoms with E-state index >= 15 is 0 Å². The molecule has 286 valence electrons. The molecule has 8 atom stereocenters. The number of carbonyl (C=O) groups is 4. The van der Waals surface area contributed by atoms with Crippen LogP contribution in [-0.2, 0) is 19.1 Å². The summed E-state index contributed by atoms with van der Waals surface area (Å²) in [5, 5.41) is 9.61. The van der Waals surface area contributed by atoms with Gasteiger partial charge in [0, 0.05) is 36.4 Å². The average molecular weight is 716 g/mol. The Morgan fingerprint density at radius 1 is 0.904 bits per heavy atom. The van der Waals surface area contributed by atoms with Crippen LogP contribution in [0.4, 0.5) is 0 Å². The smallest absolute Gasteiger partial charge is 0.309 e. The number of fused-ring (bicyclic) bond motifs is 7. The monoisotopic (exact) mass is 715 g/mol. The fourth-order valence-corrected chi connectivity index (χ4v) is 13.2. The second-order valence-corrected chi connectivity index (χ2v) is 20.0. The average Bonchev–Trinajstić information content (AvgIpc) is 3.37. The second kappa shape index (κ2) is 13.1. The molecule has 0 bridgehead atoms. The Morgan fingerprint density at radius 3 is 2.21 bits per heavy atom. The summed E-state index contributed by atoms with van der Waals surface area (Å²) < 4.78 is 6.17. The molecule has 0 spiro atoms. The van der Waals surface area contributed by atoms with Crippen LogP contribution in [0.1, 0.15) is 143 Å². The van der Waals surface area contributed by atoms with Crippen LogP contribution in [0.15, 0.2) is 41.5 Å². The van der Waals surface area contributed by atoms with Crippen molar-refractivity contribution in [2.45, 2.75) is 139 Å². The van der Waals surface area contributed by atoms with Crippen molar-refractivity contribution in [3.63, 3.8) is 0 Å². The van der Waals surface area contributed by atoms with Crippen LogP contribution in [0.3, 0.4) is 0 Å². The Balaban J connectivity index is 1.26. The zero-order chi connectivity index (χ0) is 38.2. The lowest BCUT2D eigenvalue weighted by molar-refractivity contribution is -0.233. The molecule has 0 saturated heterocycles. The van der Waals surface area contributed by atoms with E-state index in [0.29, 0.717) is 42.1 Å². The maximum Gasteiger partial charge on any atom is 0.309 e. The number of esters is 1. The predicted octanol–water partition coefficient (Wildman–Crippen LogP) is 9.54. The number of rotatable bonds is 9. The van der Waals surface area contributed by atoms with Gasteiger partial charge in [-0.3, -0.25) is 19.2 Å². The first-order valence-electron chi connectivity index (χ1n) is 20.2. The molecule has 7 nitrogen and oxygen atoms in total. The molecule has 1 N–H and O–H groups in total. The van der Waals surface area contributed by atoms with E-state index in [1.54, 1.807) is 13.8 Å². The zero-order valence-corrected chi connectivity index (χ0v) is 33.7. The standard InChI is InChI=1S/C45H65NO6/c1-28(2)36-31(47)26-45(24-25-46(10)38(49)29-14-12-11-13-15-29)23-22-43(8)30(37(36)45)16-17-33-42(7)20-19-34(52-35(48)27-40(3,4)39(50)51)41(5,6)32(42)18-21-44(33,43)9/h11-15,28,30,32-34H,16-27H2,1-10H3,(H,50,51)/t30?,32-,33+,34-,42-,43+,44+,45?/m0/s1. The largest absolute Gasteiger partial charge is 0.481 e. The van der Waals surface area contributed by atoms with Gasteiger partial charge in [0.25, 0.3) is 5.91 Å². The number of hydrogen-bond acceptors (Lipinski definition) is 5. The van der Waals surface area contributed by atoms with E-state index in [1.165, 1.54) is 5.57 Å². The number of carboxylic acid groups (broad SMARTS) is 1. The van der Waals surface area contributed by atoms with E-state index < -0.39 is 17.4 Å². The topological polar surface area (TPSA) is 101 Å². The Labute approximate surface area is 312 Å². The summed E-state index contributed by atoms with van der Waals surface area (Å²) >= 11 is 0. The van der Waals surface area contributed by atoms with Gasteiger partial charge in [0.1, 0.15) is 6.10 Å². The summed E-state index contributed by atoms with van der Waals surface area (Å²) in [6, 6.07) is 9.50. The lowest BCUT2D eigenvalue weighted by Crippen LogP contribution is -2.65. The fourth-order valence-electron chi connectivity index (χ4n) is 13.2. The summed E-state index contributed by atoms with van der Waals surface area (Å²) in [4.78, 5) is 54.1. The first-order chi connectivity index (χ1) is 24.1. The van der Waals surface area contributed by atoms with Gasteiger partial charge in [-0.1, -0.05) is 72.2 Å². The van der Waals surface area contributed by atoms with Crippen LogP contribution in [0, 0.1) is 56.2 Å². The number of ketones is 1. The highest BCUT2D eigenvalue weighted by Crippen LogP contribution is 2.77. The summed E-state index contributed by atoms with van der Waals surface area (Å²) in [5.74, 6) is 0.393. The van der Waals surface area contributed by atoms with Crippen molar-refractivity contribution in [3.05, 3.63) is 47.0 Å². The fraction of sp³-hybridized carbons (Fsp3) is 0.733. The number of Topliss-reactive ketones (excluding diaryl/α,β-unsaturated/α-hetero) is 1. The van der Waals surface area contributed by atoms with Crippen molar-refractivity contribution in [1.29, 1.82) is 0 Å². The van der Waals surface area contributed by atoms with E-state index in [1.807, 2.05) is 42.3 Å². The van der Waals surface area contributed by atoms with Crippen molar-refractivity contribution >= 4 is 23.6 Å². The molecule has 6 rings (SSSR count). The van der Waals surface area contributed by atoms with Crippen molar-refractivity contribution < 1.29 is 29.0 Å². The molecular formula is C45H65NO6. The van der Waals surface area contributed by atoms with Gasteiger partial charge < -0.3 is 14.7 Å². The number of benzene rings is 1. The molecule has 0 aromatic heterocycles.